The van der Waals surface area contributed by atoms with Crippen LogP contribution in [0.2, 0.25) is 0 Å². The Kier molecular flexibility index (Phi) is 7.22. The van der Waals surface area contributed by atoms with Crippen molar-refractivity contribution in [2.45, 2.75) is 42.8 Å². The van der Waals surface area contributed by atoms with E-state index in [1.165, 1.54) is 31.2 Å². The summed E-state index contributed by atoms with van der Waals surface area (Å²) in [5, 5.41) is 13.5. The molecule has 0 aliphatic heterocycles. The van der Waals surface area contributed by atoms with E-state index in [0.717, 1.165) is 5.39 Å². The number of alkyl halides is 3. The van der Waals surface area contributed by atoms with Crippen LogP contribution < -0.4 is 10.1 Å². The first-order valence-corrected chi connectivity index (χ1v) is 10.9. The second-order valence-electron chi connectivity index (χ2n) is 7.59. The number of nitrogens with one attached hydrogen (secondary N) is 1. The van der Waals surface area contributed by atoms with Gasteiger partial charge in [0.25, 0.3) is 5.91 Å². The number of amides is 1. The van der Waals surface area contributed by atoms with Crippen LogP contribution >= 0.6 is 11.8 Å². The Morgan fingerprint density at radius 3 is 2.30 bits per heavy atom. The minimum absolute atomic E-state index is 0.00916. The zero-order valence-corrected chi connectivity index (χ0v) is 18.7. The number of ether oxygens (including phenoxy) is 1. The summed E-state index contributed by atoms with van der Waals surface area (Å²) in [6, 6.07) is 16.3. The highest BCUT2D eigenvalue weighted by atomic mass is 32.2. The number of thioether (sulfide) groups is 1. The van der Waals surface area contributed by atoms with E-state index in [9.17, 15) is 27.9 Å². The fourth-order valence-corrected chi connectivity index (χ4v) is 3.67. The van der Waals surface area contributed by atoms with Crippen molar-refractivity contribution in [3.05, 3.63) is 71.8 Å². The maximum Gasteiger partial charge on any atom is 0.446 e. The van der Waals surface area contributed by atoms with Crippen molar-refractivity contribution in [2.24, 2.45) is 0 Å². The van der Waals surface area contributed by atoms with Gasteiger partial charge in [-0.05, 0) is 54.3 Å². The lowest BCUT2D eigenvalue weighted by atomic mass is 9.97. The molecular formula is C24H22F3NO4S. The third-order valence-corrected chi connectivity index (χ3v) is 5.97. The van der Waals surface area contributed by atoms with E-state index in [0.29, 0.717) is 10.9 Å². The first-order valence-electron chi connectivity index (χ1n) is 10.1. The summed E-state index contributed by atoms with van der Waals surface area (Å²) >= 11 is -0.200. The average molecular weight is 478 g/mol. The van der Waals surface area contributed by atoms with Gasteiger partial charge in [0, 0.05) is 10.3 Å². The van der Waals surface area contributed by atoms with Crippen molar-refractivity contribution in [1.82, 2.24) is 5.32 Å². The van der Waals surface area contributed by atoms with Gasteiger partial charge in [-0.25, -0.2) is 4.79 Å². The third-order valence-electron chi connectivity index (χ3n) is 5.23. The molecule has 0 radical (unpaired) electrons. The van der Waals surface area contributed by atoms with E-state index in [4.69, 9.17) is 4.74 Å². The number of carboxylic acids is 1. The van der Waals surface area contributed by atoms with Crippen molar-refractivity contribution < 1.29 is 32.6 Å². The Hall–Kier alpha value is -3.20. The third kappa shape index (κ3) is 5.98. The molecule has 0 bridgehead atoms. The Labute approximate surface area is 192 Å². The topological polar surface area (TPSA) is 75.6 Å². The smallest absolute Gasteiger partial charge is 0.446 e. The molecule has 174 valence electrons. The molecule has 3 aromatic rings. The van der Waals surface area contributed by atoms with E-state index in [1.807, 2.05) is 12.1 Å². The Balaban J connectivity index is 1.89. The molecule has 1 amide bonds. The molecule has 2 N–H and O–H groups in total. The van der Waals surface area contributed by atoms with Gasteiger partial charge < -0.3 is 15.2 Å². The molecule has 0 spiro atoms. The second kappa shape index (κ2) is 9.74. The van der Waals surface area contributed by atoms with Crippen LogP contribution in [0.4, 0.5) is 13.2 Å². The number of halogens is 3. The fraction of sp³-hybridized carbons (Fsp3) is 0.250. The van der Waals surface area contributed by atoms with Crippen LogP contribution in [0.5, 0.6) is 5.75 Å². The van der Waals surface area contributed by atoms with Crippen LogP contribution in [0.25, 0.3) is 10.8 Å². The van der Waals surface area contributed by atoms with Gasteiger partial charge in [0.2, 0.25) is 0 Å². The molecule has 0 fully saturated rings. The molecule has 1 atom stereocenters. The van der Waals surface area contributed by atoms with Gasteiger partial charge >= 0.3 is 11.5 Å². The van der Waals surface area contributed by atoms with Crippen LogP contribution in [-0.4, -0.2) is 28.0 Å². The van der Waals surface area contributed by atoms with Gasteiger partial charge in [-0.3, -0.25) is 4.79 Å². The van der Waals surface area contributed by atoms with E-state index < -0.39 is 22.9 Å². The molecule has 33 heavy (non-hydrogen) atoms. The highest BCUT2D eigenvalue weighted by Crippen LogP contribution is 2.37. The first kappa shape index (κ1) is 24.4. The van der Waals surface area contributed by atoms with Gasteiger partial charge in [0.1, 0.15) is 17.9 Å². The molecule has 0 unspecified atom stereocenters. The summed E-state index contributed by atoms with van der Waals surface area (Å²) in [5.74, 6) is -1.49. The van der Waals surface area contributed by atoms with Crippen LogP contribution in [0.1, 0.15) is 36.2 Å². The summed E-state index contributed by atoms with van der Waals surface area (Å²) < 4.78 is 43.6. The summed E-state index contributed by atoms with van der Waals surface area (Å²) in [5.41, 5.74) is -5.04. The molecule has 5 nitrogen and oxygen atoms in total. The first-order chi connectivity index (χ1) is 15.5. The lowest BCUT2D eigenvalue weighted by Gasteiger charge is -2.25. The van der Waals surface area contributed by atoms with Gasteiger partial charge in [-0.15, -0.1) is 0 Å². The number of rotatable bonds is 8. The van der Waals surface area contributed by atoms with Crippen LogP contribution in [0.15, 0.2) is 65.6 Å². The highest BCUT2D eigenvalue weighted by molar-refractivity contribution is 8.00. The minimum atomic E-state index is -4.37. The number of fused-ring (bicyclic) bond motifs is 1. The lowest BCUT2D eigenvalue weighted by molar-refractivity contribution is -0.143. The average Bonchev–Trinajstić information content (AvgIpc) is 2.77. The van der Waals surface area contributed by atoms with E-state index >= 15 is 0 Å². The summed E-state index contributed by atoms with van der Waals surface area (Å²) in [7, 11) is 0. The number of hydrogen-bond acceptors (Lipinski definition) is 4. The minimum Gasteiger partial charge on any atom is -0.487 e. The number of hydrogen-bond donors (Lipinski definition) is 2. The lowest BCUT2D eigenvalue weighted by Crippen LogP contribution is -2.51. The molecular weight excluding hydrogens is 455 g/mol. The summed E-state index contributed by atoms with van der Waals surface area (Å²) in [6.07, 6.45) is 0.181. The Bertz CT molecular complexity index is 1160. The number of carbonyl (C=O) groups is 2. The number of benzene rings is 3. The van der Waals surface area contributed by atoms with Crippen molar-refractivity contribution >= 4 is 34.4 Å². The zero-order chi connectivity index (χ0) is 24.2. The van der Waals surface area contributed by atoms with Crippen LogP contribution in [0, 0.1) is 0 Å². The van der Waals surface area contributed by atoms with Gasteiger partial charge in [0.15, 0.2) is 0 Å². The van der Waals surface area contributed by atoms with Crippen molar-refractivity contribution in [1.29, 1.82) is 0 Å². The van der Waals surface area contributed by atoms with Gasteiger partial charge in [-0.2, -0.15) is 13.2 Å². The van der Waals surface area contributed by atoms with E-state index in [1.54, 1.807) is 31.2 Å². The van der Waals surface area contributed by atoms with Crippen LogP contribution in [0.3, 0.4) is 0 Å². The SMILES string of the molecule is CC[C@](C)(NC(=O)c1ccc2ccccc2c1OCc1ccc(SC(F)(F)F)cc1)C(=O)O. The van der Waals surface area contributed by atoms with Gasteiger partial charge in [-0.1, -0.05) is 49.4 Å². The highest BCUT2D eigenvalue weighted by Gasteiger charge is 2.34. The number of carbonyl (C=O) groups excluding carboxylic acids is 1. The fourth-order valence-electron chi connectivity index (χ4n) is 3.13. The normalized spacial score (nSPS) is 13.4. The molecule has 0 aliphatic carbocycles. The largest absolute Gasteiger partial charge is 0.487 e. The maximum absolute atomic E-state index is 13.0. The molecule has 0 saturated heterocycles. The molecule has 9 heteroatoms. The Morgan fingerprint density at radius 1 is 1.03 bits per heavy atom. The number of aliphatic carboxylic acids is 1. The maximum atomic E-state index is 13.0. The van der Waals surface area contributed by atoms with Crippen molar-refractivity contribution in [3.63, 3.8) is 0 Å². The molecule has 0 heterocycles. The zero-order valence-electron chi connectivity index (χ0n) is 17.9. The molecule has 0 aromatic heterocycles. The summed E-state index contributed by atoms with van der Waals surface area (Å²) in [4.78, 5) is 24.7. The van der Waals surface area contributed by atoms with E-state index in [2.05, 4.69) is 5.32 Å². The Morgan fingerprint density at radius 2 is 1.70 bits per heavy atom. The quantitative estimate of drug-likeness (QED) is 0.389. The second-order valence-corrected chi connectivity index (χ2v) is 8.73. The van der Waals surface area contributed by atoms with Crippen molar-refractivity contribution in [3.8, 4) is 5.75 Å². The van der Waals surface area contributed by atoms with Gasteiger partial charge in [0.05, 0.1) is 5.56 Å². The molecule has 0 aliphatic rings. The summed E-state index contributed by atoms with van der Waals surface area (Å²) in [6.45, 7) is 3.09. The standard InChI is InChI=1S/C24H22F3NO4S/c1-3-23(2,22(30)31)28-21(29)19-13-10-16-6-4-5-7-18(16)20(19)32-14-15-8-11-17(12-9-15)33-24(25,26)27/h4-13H,3,14H2,1-2H3,(H,28,29)(H,30,31)/t23-/m0/s1. The molecule has 3 rings (SSSR count). The van der Waals surface area contributed by atoms with Crippen LogP contribution in [-0.2, 0) is 11.4 Å². The van der Waals surface area contributed by atoms with Crippen molar-refractivity contribution in [2.75, 3.05) is 0 Å². The molecule has 3 aromatic carbocycles. The molecule has 0 saturated carbocycles. The monoisotopic (exact) mass is 477 g/mol. The predicted octanol–water partition coefficient (Wildman–Crippen LogP) is 6.01. The predicted molar refractivity (Wildman–Crippen MR) is 120 cm³/mol. The van der Waals surface area contributed by atoms with E-state index in [-0.39, 0.29) is 41.0 Å². The number of carboxylic acid groups (broad SMARTS) is 1.